The highest BCUT2D eigenvalue weighted by Gasteiger charge is 2.16. The number of rotatable bonds is 3. The first kappa shape index (κ1) is 16.4. The molecule has 3 aromatic heterocycles. The molecule has 5 nitrogen and oxygen atoms in total. The molecule has 1 amide bonds. The number of hydrogen-bond donors (Lipinski definition) is 1. The van der Waals surface area contributed by atoms with E-state index in [1.165, 1.54) is 23.5 Å². The van der Waals surface area contributed by atoms with Gasteiger partial charge in [-0.1, -0.05) is 6.07 Å². The van der Waals surface area contributed by atoms with Crippen molar-refractivity contribution in [2.24, 2.45) is 7.05 Å². The standard InChI is InChI=1S/C19H15FN4OS/c1-11-5-6-12(20)8-15(11)22-18(25)16-10-26-19(23-16)14-9-24(2)17-13(14)4-3-7-21-17/h3-10H,1-2H3,(H,22,25). The SMILES string of the molecule is Cc1ccc(F)cc1NC(=O)c1csc(-c2cn(C)c3ncccc23)n1. The number of aromatic nitrogens is 3. The number of anilines is 1. The summed E-state index contributed by atoms with van der Waals surface area (Å²) in [6, 6.07) is 8.15. The Hall–Kier alpha value is -3.06. The number of pyridine rings is 1. The Morgan fingerprint density at radius 3 is 3.00 bits per heavy atom. The van der Waals surface area contributed by atoms with Gasteiger partial charge in [-0.05, 0) is 36.8 Å². The summed E-state index contributed by atoms with van der Waals surface area (Å²) in [5.41, 5.74) is 3.32. The first-order chi connectivity index (χ1) is 12.5. The van der Waals surface area contributed by atoms with Crippen molar-refractivity contribution >= 4 is 34.0 Å². The summed E-state index contributed by atoms with van der Waals surface area (Å²) in [6.07, 6.45) is 3.70. The van der Waals surface area contributed by atoms with Crippen LogP contribution in [0.1, 0.15) is 16.1 Å². The van der Waals surface area contributed by atoms with Crippen molar-refractivity contribution in [1.29, 1.82) is 0 Å². The molecule has 1 aromatic carbocycles. The second kappa shape index (κ2) is 6.34. The number of thiazole rings is 1. The molecule has 0 aliphatic carbocycles. The van der Waals surface area contributed by atoms with Crippen LogP contribution in [0.3, 0.4) is 0 Å². The van der Waals surface area contributed by atoms with Gasteiger partial charge in [0.25, 0.3) is 5.91 Å². The van der Waals surface area contributed by atoms with Gasteiger partial charge in [-0.25, -0.2) is 14.4 Å². The number of amides is 1. The molecule has 130 valence electrons. The van der Waals surface area contributed by atoms with E-state index in [4.69, 9.17) is 0 Å². The third-order valence-electron chi connectivity index (χ3n) is 4.15. The summed E-state index contributed by atoms with van der Waals surface area (Å²) >= 11 is 1.39. The molecule has 26 heavy (non-hydrogen) atoms. The van der Waals surface area contributed by atoms with Crippen molar-refractivity contribution in [2.45, 2.75) is 6.92 Å². The van der Waals surface area contributed by atoms with Crippen LogP contribution in [0.15, 0.2) is 48.1 Å². The van der Waals surface area contributed by atoms with Gasteiger partial charge in [0.2, 0.25) is 0 Å². The Labute approximate surface area is 153 Å². The van der Waals surface area contributed by atoms with E-state index in [0.29, 0.717) is 11.4 Å². The van der Waals surface area contributed by atoms with E-state index in [0.717, 1.165) is 27.2 Å². The number of nitrogens with one attached hydrogen (secondary N) is 1. The van der Waals surface area contributed by atoms with Crippen LogP contribution in [0.25, 0.3) is 21.6 Å². The molecule has 0 aliphatic heterocycles. The number of nitrogens with zero attached hydrogens (tertiary/aromatic N) is 3. The molecule has 0 aliphatic rings. The third kappa shape index (κ3) is 2.86. The van der Waals surface area contributed by atoms with Crippen LogP contribution in [0.5, 0.6) is 0 Å². The zero-order chi connectivity index (χ0) is 18.3. The highest BCUT2D eigenvalue weighted by atomic mass is 32.1. The van der Waals surface area contributed by atoms with Gasteiger partial charge in [-0.3, -0.25) is 4.79 Å². The summed E-state index contributed by atoms with van der Waals surface area (Å²) in [6.45, 7) is 1.81. The maximum absolute atomic E-state index is 13.4. The van der Waals surface area contributed by atoms with Crippen LogP contribution in [0, 0.1) is 12.7 Å². The molecular formula is C19H15FN4OS. The summed E-state index contributed by atoms with van der Waals surface area (Å²) in [5.74, 6) is -0.757. The van der Waals surface area contributed by atoms with E-state index < -0.39 is 5.82 Å². The van der Waals surface area contributed by atoms with Gasteiger partial charge in [0.15, 0.2) is 0 Å². The number of fused-ring (bicyclic) bond motifs is 1. The van der Waals surface area contributed by atoms with Crippen LogP contribution in [-0.4, -0.2) is 20.4 Å². The van der Waals surface area contributed by atoms with Crippen molar-refractivity contribution < 1.29 is 9.18 Å². The van der Waals surface area contributed by atoms with E-state index in [9.17, 15) is 9.18 Å². The quantitative estimate of drug-likeness (QED) is 0.585. The Morgan fingerprint density at radius 2 is 2.15 bits per heavy atom. The minimum absolute atomic E-state index is 0.301. The molecule has 0 saturated heterocycles. The largest absolute Gasteiger partial charge is 0.335 e. The van der Waals surface area contributed by atoms with E-state index in [1.54, 1.807) is 17.6 Å². The van der Waals surface area contributed by atoms with Gasteiger partial charge in [0.1, 0.15) is 22.2 Å². The lowest BCUT2D eigenvalue weighted by Gasteiger charge is -2.06. The average molecular weight is 366 g/mol. The molecule has 0 saturated carbocycles. The van der Waals surface area contributed by atoms with Gasteiger partial charge in [-0.15, -0.1) is 11.3 Å². The van der Waals surface area contributed by atoms with Crippen molar-refractivity contribution in [3.63, 3.8) is 0 Å². The Kier molecular flexibility index (Phi) is 4.00. The zero-order valence-electron chi connectivity index (χ0n) is 14.2. The van der Waals surface area contributed by atoms with Gasteiger partial charge >= 0.3 is 0 Å². The number of benzene rings is 1. The molecule has 0 radical (unpaired) electrons. The molecule has 0 bridgehead atoms. The van der Waals surface area contributed by atoms with Gasteiger partial charge in [-0.2, -0.15) is 0 Å². The average Bonchev–Trinajstić information content (AvgIpc) is 3.24. The maximum atomic E-state index is 13.4. The van der Waals surface area contributed by atoms with Crippen molar-refractivity contribution in [3.05, 3.63) is 65.2 Å². The monoisotopic (exact) mass is 366 g/mol. The summed E-state index contributed by atoms with van der Waals surface area (Å²) in [4.78, 5) is 21.3. The normalized spacial score (nSPS) is 11.0. The van der Waals surface area contributed by atoms with Gasteiger partial charge in [0.05, 0.1) is 0 Å². The summed E-state index contributed by atoms with van der Waals surface area (Å²) in [7, 11) is 1.92. The van der Waals surface area contributed by atoms with E-state index in [2.05, 4.69) is 15.3 Å². The van der Waals surface area contributed by atoms with E-state index >= 15 is 0 Å². The highest BCUT2D eigenvalue weighted by molar-refractivity contribution is 7.13. The zero-order valence-corrected chi connectivity index (χ0v) is 15.0. The van der Waals surface area contributed by atoms with E-state index in [1.807, 2.05) is 36.9 Å². The predicted octanol–water partition coefficient (Wildman–Crippen LogP) is 4.40. The molecule has 0 atom stereocenters. The second-order valence-electron chi connectivity index (χ2n) is 5.98. The second-order valence-corrected chi connectivity index (χ2v) is 6.84. The lowest BCUT2D eigenvalue weighted by Crippen LogP contribution is -2.13. The fourth-order valence-corrected chi connectivity index (χ4v) is 3.62. The third-order valence-corrected chi connectivity index (χ3v) is 5.02. The molecular weight excluding hydrogens is 351 g/mol. The summed E-state index contributed by atoms with van der Waals surface area (Å²) < 4.78 is 15.3. The van der Waals surface area contributed by atoms with Gasteiger partial charge < -0.3 is 9.88 Å². The Balaban J connectivity index is 1.65. The highest BCUT2D eigenvalue weighted by Crippen LogP contribution is 2.31. The Bertz CT molecular complexity index is 1130. The van der Waals surface area contributed by atoms with Crippen LogP contribution >= 0.6 is 11.3 Å². The van der Waals surface area contributed by atoms with Crippen LogP contribution in [-0.2, 0) is 7.05 Å². The lowest BCUT2D eigenvalue weighted by atomic mass is 10.2. The molecule has 4 rings (SSSR count). The topological polar surface area (TPSA) is 59.8 Å². The number of carbonyl (C=O) groups is 1. The van der Waals surface area contributed by atoms with Crippen LogP contribution in [0.2, 0.25) is 0 Å². The minimum atomic E-state index is -0.395. The predicted molar refractivity (Wildman–Crippen MR) is 101 cm³/mol. The van der Waals surface area contributed by atoms with Crippen LogP contribution in [0.4, 0.5) is 10.1 Å². The smallest absolute Gasteiger partial charge is 0.275 e. The number of hydrogen-bond acceptors (Lipinski definition) is 4. The summed E-state index contributed by atoms with van der Waals surface area (Å²) in [5, 5.41) is 6.15. The van der Waals surface area contributed by atoms with Crippen molar-refractivity contribution in [3.8, 4) is 10.6 Å². The first-order valence-corrected chi connectivity index (χ1v) is 8.84. The fraction of sp³-hybridized carbons (Fsp3) is 0.105. The lowest BCUT2D eigenvalue weighted by molar-refractivity contribution is 0.102. The molecule has 0 fully saturated rings. The molecule has 1 N–H and O–H groups in total. The van der Waals surface area contributed by atoms with Gasteiger partial charge in [0, 0.05) is 41.5 Å². The number of halogens is 1. The fourth-order valence-electron chi connectivity index (χ4n) is 2.80. The molecule has 3 heterocycles. The van der Waals surface area contributed by atoms with Crippen molar-refractivity contribution in [1.82, 2.24) is 14.5 Å². The molecule has 4 aromatic rings. The Morgan fingerprint density at radius 1 is 1.31 bits per heavy atom. The molecule has 7 heteroatoms. The number of aryl methyl sites for hydroxylation is 2. The number of carbonyl (C=O) groups excluding carboxylic acids is 1. The van der Waals surface area contributed by atoms with E-state index in [-0.39, 0.29) is 5.91 Å². The molecule has 0 unspecified atom stereocenters. The first-order valence-electron chi connectivity index (χ1n) is 7.96. The van der Waals surface area contributed by atoms with Crippen LogP contribution < -0.4 is 5.32 Å². The van der Waals surface area contributed by atoms with Crippen molar-refractivity contribution in [2.75, 3.05) is 5.32 Å². The maximum Gasteiger partial charge on any atom is 0.275 e. The minimum Gasteiger partial charge on any atom is -0.335 e. The molecule has 0 spiro atoms.